The van der Waals surface area contributed by atoms with Crippen LogP contribution in [0.2, 0.25) is 0 Å². The Morgan fingerprint density at radius 3 is 2.43 bits per heavy atom. The molecule has 4 rings (SSSR count). The van der Waals surface area contributed by atoms with E-state index in [1.807, 2.05) is 37.4 Å². The Bertz CT molecular complexity index is 1260. The van der Waals surface area contributed by atoms with Gasteiger partial charge in [-0.05, 0) is 62.8 Å². The number of hydrogen-bond acceptors (Lipinski definition) is 8. The molecule has 1 aliphatic rings. The average Bonchev–Trinajstić information content (AvgIpc) is 3.27. The molecule has 1 amide bonds. The van der Waals surface area contributed by atoms with E-state index >= 15 is 0 Å². The summed E-state index contributed by atoms with van der Waals surface area (Å²) in [4.78, 5) is 23.2. The highest BCUT2D eigenvalue weighted by Gasteiger charge is 2.27. The van der Waals surface area contributed by atoms with Crippen molar-refractivity contribution in [3.8, 4) is 0 Å². The number of morpholine rings is 1. The number of hydrogen-bond donors (Lipinski definition) is 0. The molecule has 0 bridgehead atoms. The summed E-state index contributed by atoms with van der Waals surface area (Å²) >= 11 is 3.15. The van der Waals surface area contributed by atoms with E-state index in [0.717, 1.165) is 15.1 Å². The van der Waals surface area contributed by atoms with Crippen LogP contribution in [0.4, 0.5) is 5.13 Å². The van der Waals surface area contributed by atoms with Crippen molar-refractivity contribution in [1.29, 1.82) is 0 Å². The topological polar surface area (TPSA) is 83.1 Å². The summed E-state index contributed by atoms with van der Waals surface area (Å²) < 4.78 is 33.5. The number of fused-ring (bicyclic) bond motifs is 1. The third-order valence-corrected chi connectivity index (χ3v) is 9.22. The lowest BCUT2D eigenvalue weighted by Crippen LogP contribution is -2.40. The largest absolute Gasteiger partial charge is 0.379 e. The summed E-state index contributed by atoms with van der Waals surface area (Å²) in [6, 6.07) is 12.3. The van der Waals surface area contributed by atoms with Crippen LogP contribution in [0.5, 0.6) is 0 Å². The maximum absolute atomic E-state index is 13.5. The minimum Gasteiger partial charge on any atom is -0.379 e. The van der Waals surface area contributed by atoms with Gasteiger partial charge in [0.1, 0.15) is 0 Å². The number of thiazole rings is 1. The molecule has 1 fully saturated rings. The first-order valence-electron chi connectivity index (χ1n) is 10.9. The van der Waals surface area contributed by atoms with E-state index in [1.165, 1.54) is 27.8 Å². The number of anilines is 1. The van der Waals surface area contributed by atoms with Gasteiger partial charge >= 0.3 is 0 Å². The Hall–Kier alpha value is -1.73. The SMILES string of the molecule is CSc1ccc2nc(N(CCN(C)C)C(=O)c3ccc(S(=O)(=O)N4CCOCC4)cc3)sc2c1.Cl. The number of thioether (sulfide) groups is 1. The lowest BCUT2D eigenvalue weighted by atomic mass is 10.2. The van der Waals surface area contributed by atoms with Gasteiger partial charge < -0.3 is 9.64 Å². The molecule has 2 heterocycles. The third-order valence-electron chi connectivity index (χ3n) is 5.54. The molecule has 12 heteroatoms. The number of carbonyl (C=O) groups is 1. The Morgan fingerprint density at radius 1 is 1.11 bits per heavy atom. The fourth-order valence-electron chi connectivity index (χ4n) is 3.58. The summed E-state index contributed by atoms with van der Waals surface area (Å²) in [5, 5.41) is 0.630. The van der Waals surface area contributed by atoms with Gasteiger partial charge in [-0.2, -0.15) is 4.31 Å². The number of nitrogens with zero attached hydrogens (tertiary/aromatic N) is 4. The number of ether oxygens (including phenoxy) is 1. The van der Waals surface area contributed by atoms with E-state index < -0.39 is 10.0 Å². The van der Waals surface area contributed by atoms with Gasteiger partial charge in [0.05, 0.1) is 28.3 Å². The number of benzene rings is 2. The Kier molecular flexibility index (Phi) is 9.55. The first-order chi connectivity index (χ1) is 16.3. The molecule has 0 N–H and O–H groups in total. The highest BCUT2D eigenvalue weighted by atomic mass is 35.5. The lowest BCUT2D eigenvalue weighted by molar-refractivity contribution is 0.0730. The average molecular weight is 557 g/mol. The maximum Gasteiger partial charge on any atom is 0.260 e. The van der Waals surface area contributed by atoms with Crippen LogP contribution >= 0.6 is 35.5 Å². The Morgan fingerprint density at radius 2 is 1.80 bits per heavy atom. The normalized spacial score (nSPS) is 14.7. The predicted molar refractivity (Wildman–Crippen MR) is 145 cm³/mol. The van der Waals surface area contributed by atoms with Gasteiger partial charge in [0.25, 0.3) is 5.91 Å². The molecule has 1 aliphatic heterocycles. The number of carbonyl (C=O) groups excluding carboxylic acids is 1. The molecule has 0 spiro atoms. The molecular weight excluding hydrogens is 528 g/mol. The van der Waals surface area contributed by atoms with Gasteiger partial charge in [0.15, 0.2) is 5.13 Å². The van der Waals surface area contributed by atoms with Gasteiger partial charge in [0, 0.05) is 36.6 Å². The molecule has 2 aromatic carbocycles. The number of sulfonamides is 1. The monoisotopic (exact) mass is 556 g/mol. The second-order valence-corrected chi connectivity index (χ2v) is 12.0. The zero-order valence-electron chi connectivity index (χ0n) is 19.8. The summed E-state index contributed by atoms with van der Waals surface area (Å²) in [6.07, 6.45) is 2.03. The van der Waals surface area contributed by atoms with Crippen molar-refractivity contribution in [1.82, 2.24) is 14.2 Å². The van der Waals surface area contributed by atoms with E-state index in [2.05, 4.69) is 6.07 Å². The van der Waals surface area contributed by atoms with Gasteiger partial charge in [0.2, 0.25) is 10.0 Å². The van der Waals surface area contributed by atoms with E-state index in [1.54, 1.807) is 28.8 Å². The number of amides is 1. The van der Waals surface area contributed by atoms with Gasteiger partial charge in [-0.1, -0.05) is 11.3 Å². The number of halogens is 1. The van der Waals surface area contributed by atoms with Crippen LogP contribution in [0.25, 0.3) is 10.2 Å². The number of likely N-dealkylation sites (N-methyl/N-ethyl adjacent to an activating group) is 1. The Balaban J connectivity index is 0.00000342. The maximum atomic E-state index is 13.5. The van der Waals surface area contributed by atoms with E-state index in [-0.39, 0.29) is 23.2 Å². The zero-order valence-corrected chi connectivity index (χ0v) is 23.1. The molecule has 0 atom stereocenters. The third kappa shape index (κ3) is 6.34. The highest BCUT2D eigenvalue weighted by Crippen LogP contribution is 2.32. The molecule has 3 aromatic rings. The molecule has 0 radical (unpaired) electrons. The van der Waals surface area contributed by atoms with Crippen molar-refractivity contribution in [3.63, 3.8) is 0 Å². The van der Waals surface area contributed by atoms with Crippen LogP contribution in [0.1, 0.15) is 10.4 Å². The van der Waals surface area contributed by atoms with Crippen molar-refractivity contribution < 1.29 is 17.9 Å². The molecule has 35 heavy (non-hydrogen) atoms. The van der Waals surface area contributed by atoms with Gasteiger partial charge in [-0.15, -0.1) is 24.2 Å². The van der Waals surface area contributed by atoms with Crippen molar-refractivity contribution >= 4 is 66.8 Å². The Labute approximate surface area is 220 Å². The van der Waals surface area contributed by atoms with Crippen LogP contribution in [0, 0.1) is 0 Å². The molecule has 0 saturated carbocycles. The van der Waals surface area contributed by atoms with Crippen molar-refractivity contribution in [2.45, 2.75) is 9.79 Å². The number of rotatable bonds is 8. The summed E-state index contributed by atoms with van der Waals surface area (Å²) in [5.41, 5.74) is 1.27. The molecule has 190 valence electrons. The predicted octanol–water partition coefficient (Wildman–Crippen LogP) is 3.67. The van der Waals surface area contributed by atoms with E-state index in [4.69, 9.17) is 9.72 Å². The minimum atomic E-state index is -3.61. The van der Waals surface area contributed by atoms with Crippen LogP contribution in [0.3, 0.4) is 0 Å². The summed E-state index contributed by atoms with van der Waals surface area (Å²) in [7, 11) is 0.298. The number of aromatic nitrogens is 1. The first-order valence-corrected chi connectivity index (χ1v) is 14.4. The van der Waals surface area contributed by atoms with Crippen LogP contribution in [-0.4, -0.2) is 88.3 Å². The fourth-order valence-corrected chi connectivity index (χ4v) is 6.53. The standard InChI is InChI=1S/C23H28N4O4S3.ClH/c1-25(2)10-11-27(23-24-20-9-6-18(32-3)16-21(20)33-23)22(28)17-4-7-19(8-5-17)34(29,30)26-12-14-31-15-13-26;/h4-9,16H,10-15H2,1-3H3;1H. The van der Waals surface area contributed by atoms with Crippen LogP contribution < -0.4 is 4.90 Å². The van der Waals surface area contributed by atoms with Gasteiger partial charge in [-0.25, -0.2) is 13.4 Å². The summed E-state index contributed by atoms with van der Waals surface area (Å²) in [5.74, 6) is -0.207. The van der Waals surface area contributed by atoms with Crippen molar-refractivity contribution in [3.05, 3.63) is 48.0 Å². The second-order valence-electron chi connectivity index (χ2n) is 8.13. The summed E-state index contributed by atoms with van der Waals surface area (Å²) in [6.45, 7) is 2.57. The molecule has 1 saturated heterocycles. The molecule has 0 unspecified atom stereocenters. The van der Waals surface area contributed by atoms with Crippen LogP contribution in [-0.2, 0) is 14.8 Å². The molecule has 0 aliphatic carbocycles. The minimum absolute atomic E-state index is 0. The smallest absolute Gasteiger partial charge is 0.260 e. The molecule has 8 nitrogen and oxygen atoms in total. The van der Waals surface area contributed by atoms with Crippen molar-refractivity contribution in [2.75, 3.05) is 64.6 Å². The van der Waals surface area contributed by atoms with Gasteiger partial charge in [-0.3, -0.25) is 9.69 Å². The van der Waals surface area contributed by atoms with E-state index in [0.29, 0.717) is 50.1 Å². The quantitative estimate of drug-likeness (QED) is 0.391. The molecule has 1 aromatic heterocycles. The van der Waals surface area contributed by atoms with Crippen LogP contribution in [0.15, 0.2) is 52.3 Å². The second kappa shape index (κ2) is 12.0. The lowest BCUT2D eigenvalue weighted by Gasteiger charge is -2.26. The first kappa shape index (κ1) is 27.9. The zero-order chi connectivity index (χ0) is 24.3. The van der Waals surface area contributed by atoms with E-state index in [9.17, 15) is 13.2 Å². The highest BCUT2D eigenvalue weighted by molar-refractivity contribution is 7.98. The van der Waals surface area contributed by atoms with Crippen molar-refractivity contribution in [2.24, 2.45) is 0 Å². The fraction of sp³-hybridized carbons (Fsp3) is 0.391. The molecular formula is C23H29ClN4O4S3.